The molecule has 1 aliphatic rings. The van der Waals surface area contributed by atoms with E-state index < -0.39 is 24.5 Å². The third-order valence-corrected chi connectivity index (χ3v) is 3.57. The minimum Gasteiger partial charge on any atom is -0.409 e. The summed E-state index contributed by atoms with van der Waals surface area (Å²) in [7, 11) is 1.40. The van der Waals surface area contributed by atoms with E-state index in [1.165, 1.54) is 7.11 Å². The molecule has 6 nitrogen and oxygen atoms in total. The van der Waals surface area contributed by atoms with E-state index in [4.69, 9.17) is 14.3 Å². The standard InChI is InChI=1S/C17H17NO5/c1-21-16-15(19)14(12-8-4-2-5-9-12)18(23-16)17(20)22-13-10-6-3-7-11-13/h2-11,14-16,19H,1H3/t14-,15-,16-/m1/s1. The lowest BCUT2D eigenvalue weighted by molar-refractivity contribution is -0.219. The van der Waals surface area contributed by atoms with Crippen molar-refractivity contribution >= 4 is 6.09 Å². The molecule has 2 aromatic carbocycles. The lowest BCUT2D eigenvalue weighted by atomic mass is 10.0. The number of aliphatic hydroxyl groups excluding tert-OH is 1. The Morgan fingerprint density at radius 3 is 2.30 bits per heavy atom. The van der Waals surface area contributed by atoms with Gasteiger partial charge < -0.3 is 14.6 Å². The van der Waals surface area contributed by atoms with Gasteiger partial charge in [0, 0.05) is 7.11 Å². The minimum absolute atomic E-state index is 0.392. The van der Waals surface area contributed by atoms with E-state index in [-0.39, 0.29) is 0 Å². The van der Waals surface area contributed by atoms with Gasteiger partial charge in [-0.1, -0.05) is 48.5 Å². The van der Waals surface area contributed by atoms with Gasteiger partial charge in [-0.3, -0.25) is 0 Å². The van der Waals surface area contributed by atoms with Gasteiger partial charge in [0.05, 0.1) is 0 Å². The number of ether oxygens (including phenoxy) is 2. The molecule has 6 heteroatoms. The Morgan fingerprint density at radius 1 is 1.09 bits per heavy atom. The van der Waals surface area contributed by atoms with Gasteiger partial charge in [0.25, 0.3) is 0 Å². The predicted molar refractivity (Wildman–Crippen MR) is 81.4 cm³/mol. The van der Waals surface area contributed by atoms with Crippen LogP contribution in [0.2, 0.25) is 0 Å². The Labute approximate surface area is 133 Å². The van der Waals surface area contributed by atoms with Crippen LogP contribution in [0.5, 0.6) is 5.75 Å². The Bertz CT molecular complexity index is 649. The maximum absolute atomic E-state index is 12.4. The predicted octanol–water partition coefficient (Wildman–Crippen LogP) is 2.51. The summed E-state index contributed by atoms with van der Waals surface area (Å²) in [5.41, 5.74) is 0.726. The zero-order chi connectivity index (χ0) is 16.2. The first-order valence-electron chi connectivity index (χ1n) is 7.19. The highest BCUT2D eigenvalue weighted by molar-refractivity contribution is 5.70. The molecule has 0 spiro atoms. The highest BCUT2D eigenvalue weighted by Crippen LogP contribution is 2.35. The summed E-state index contributed by atoms with van der Waals surface area (Å²) in [5.74, 6) is 0.392. The van der Waals surface area contributed by atoms with Crippen molar-refractivity contribution in [1.29, 1.82) is 0 Å². The van der Waals surface area contributed by atoms with Crippen LogP contribution in [0, 0.1) is 0 Å². The molecule has 1 fully saturated rings. The van der Waals surface area contributed by atoms with Crippen LogP contribution in [0.1, 0.15) is 11.6 Å². The molecule has 0 aliphatic carbocycles. The number of hydroxylamine groups is 2. The number of methoxy groups -OCH3 is 1. The van der Waals surface area contributed by atoms with E-state index in [2.05, 4.69) is 0 Å². The van der Waals surface area contributed by atoms with Gasteiger partial charge >= 0.3 is 6.09 Å². The highest BCUT2D eigenvalue weighted by atomic mass is 16.8. The number of carbonyl (C=O) groups is 1. The van der Waals surface area contributed by atoms with Gasteiger partial charge in [-0.2, -0.15) is 5.06 Å². The maximum Gasteiger partial charge on any atom is 0.440 e. The second-order valence-electron chi connectivity index (χ2n) is 5.06. The molecule has 23 heavy (non-hydrogen) atoms. The molecule has 0 bridgehead atoms. The number of amides is 1. The number of nitrogens with zero attached hydrogens (tertiary/aromatic N) is 1. The third kappa shape index (κ3) is 3.19. The van der Waals surface area contributed by atoms with Crippen molar-refractivity contribution in [2.45, 2.75) is 18.4 Å². The third-order valence-electron chi connectivity index (χ3n) is 3.57. The van der Waals surface area contributed by atoms with Crippen LogP contribution in [0.4, 0.5) is 4.79 Å². The molecule has 1 aliphatic heterocycles. The molecule has 1 heterocycles. The molecule has 120 valence electrons. The van der Waals surface area contributed by atoms with E-state index in [0.29, 0.717) is 5.75 Å². The van der Waals surface area contributed by atoms with Crippen LogP contribution in [0.25, 0.3) is 0 Å². The Balaban J connectivity index is 1.84. The van der Waals surface area contributed by atoms with Gasteiger partial charge in [-0.25, -0.2) is 9.63 Å². The van der Waals surface area contributed by atoms with Crippen LogP contribution in [-0.4, -0.2) is 35.8 Å². The minimum atomic E-state index is -1.02. The molecule has 1 saturated heterocycles. The van der Waals surface area contributed by atoms with Crippen LogP contribution < -0.4 is 4.74 Å². The molecule has 0 radical (unpaired) electrons. The lowest BCUT2D eigenvalue weighted by Crippen LogP contribution is -2.34. The van der Waals surface area contributed by atoms with Crippen molar-refractivity contribution in [2.24, 2.45) is 0 Å². The summed E-state index contributed by atoms with van der Waals surface area (Å²) in [5, 5.41) is 11.4. The zero-order valence-electron chi connectivity index (χ0n) is 12.5. The Kier molecular flexibility index (Phi) is 4.57. The van der Waals surface area contributed by atoms with E-state index in [1.807, 2.05) is 24.3 Å². The van der Waals surface area contributed by atoms with E-state index >= 15 is 0 Å². The number of benzene rings is 2. The number of para-hydroxylation sites is 1. The Morgan fingerprint density at radius 2 is 1.70 bits per heavy atom. The van der Waals surface area contributed by atoms with Crippen LogP contribution in [0.15, 0.2) is 60.7 Å². The fourth-order valence-corrected chi connectivity index (χ4v) is 2.48. The van der Waals surface area contributed by atoms with Gasteiger partial charge in [0.2, 0.25) is 6.29 Å². The molecule has 1 amide bonds. The summed E-state index contributed by atoms with van der Waals surface area (Å²) in [6.07, 6.45) is -2.68. The number of hydrogen-bond acceptors (Lipinski definition) is 5. The zero-order valence-corrected chi connectivity index (χ0v) is 12.5. The van der Waals surface area contributed by atoms with Crippen molar-refractivity contribution < 1.29 is 24.2 Å². The monoisotopic (exact) mass is 315 g/mol. The van der Waals surface area contributed by atoms with Crippen molar-refractivity contribution in [1.82, 2.24) is 5.06 Å². The maximum atomic E-state index is 12.4. The van der Waals surface area contributed by atoms with Crippen LogP contribution in [0.3, 0.4) is 0 Å². The molecule has 0 saturated carbocycles. The van der Waals surface area contributed by atoms with Gasteiger partial charge in [0.15, 0.2) is 0 Å². The molecular formula is C17H17NO5. The Hall–Kier alpha value is -2.41. The number of rotatable bonds is 3. The van der Waals surface area contributed by atoms with Crippen LogP contribution >= 0.6 is 0 Å². The van der Waals surface area contributed by atoms with E-state index in [1.54, 1.807) is 36.4 Å². The summed E-state index contributed by atoms with van der Waals surface area (Å²) >= 11 is 0. The second-order valence-corrected chi connectivity index (χ2v) is 5.06. The summed E-state index contributed by atoms with van der Waals surface area (Å²) in [6.45, 7) is 0. The van der Waals surface area contributed by atoms with Crippen molar-refractivity contribution in [3.05, 3.63) is 66.2 Å². The van der Waals surface area contributed by atoms with Gasteiger partial charge in [0.1, 0.15) is 17.9 Å². The first-order chi connectivity index (χ1) is 11.2. The highest BCUT2D eigenvalue weighted by Gasteiger charge is 2.47. The molecule has 0 aromatic heterocycles. The van der Waals surface area contributed by atoms with Crippen molar-refractivity contribution in [3.8, 4) is 5.75 Å². The smallest absolute Gasteiger partial charge is 0.409 e. The molecule has 1 N–H and O–H groups in total. The van der Waals surface area contributed by atoms with Crippen molar-refractivity contribution in [2.75, 3.05) is 7.11 Å². The first kappa shape index (κ1) is 15.5. The van der Waals surface area contributed by atoms with Gasteiger partial charge in [-0.15, -0.1) is 0 Å². The summed E-state index contributed by atoms with van der Waals surface area (Å²) in [6, 6.07) is 17.1. The number of carbonyl (C=O) groups excluding carboxylic acids is 1. The fourth-order valence-electron chi connectivity index (χ4n) is 2.48. The normalized spacial score (nSPS) is 23.7. The fraction of sp³-hybridized carbons (Fsp3) is 0.235. The SMILES string of the molecule is CO[C@@H]1ON(C(=O)Oc2ccccc2)[C@H](c2ccccc2)[C@H]1O. The number of hydrogen-bond donors (Lipinski definition) is 1. The molecule has 0 unspecified atom stereocenters. The summed E-state index contributed by atoms with van der Waals surface area (Å²) < 4.78 is 10.4. The molecule has 3 atom stereocenters. The number of aliphatic hydroxyl groups is 1. The average molecular weight is 315 g/mol. The lowest BCUT2D eigenvalue weighted by Gasteiger charge is -2.22. The molecular weight excluding hydrogens is 298 g/mol. The van der Waals surface area contributed by atoms with E-state index in [9.17, 15) is 9.90 Å². The van der Waals surface area contributed by atoms with Crippen LogP contribution in [-0.2, 0) is 9.57 Å². The average Bonchev–Trinajstić information content (AvgIpc) is 2.93. The first-order valence-corrected chi connectivity index (χ1v) is 7.19. The van der Waals surface area contributed by atoms with Gasteiger partial charge in [-0.05, 0) is 17.7 Å². The quantitative estimate of drug-likeness (QED) is 0.942. The van der Waals surface area contributed by atoms with Crippen molar-refractivity contribution in [3.63, 3.8) is 0 Å². The second kappa shape index (κ2) is 6.78. The van der Waals surface area contributed by atoms with E-state index in [0.717, 1.165) is 10.6 Å². The molecule has 3 rings (SSSR count). The topological polar surface area (TPSA) is 68.2 Å². The largest absolute Gasteiger partial charge is 0.440 e. The summed E-state index contributed by atoms with van der Waals surface area (Å²) in [4.78, 5) is 17.8. The molecule has 2 aromatic rings.